The number of ether oxygens (including phenoxy) is 1. The Labute approximate surface area is 142 Å². The van der Waals surface area contributed by atoms with Gasteiger partial charge in [0.2, 0.25) is 0 Å². The Hall–Kier alpha value is -1.75. The summed E-state index contributed by atoms with van der Waals surface area (Å²) in [5, 5.41) is 12.0. The standard InChI is InChI=1S/C17H24ClNO4/c1-17(2,23-14-10-8-13(18)9-11-14)16(22)19-12-6-4-3-5-7-15(20)21/h8-11H,3-7,12H2,1-2H3,(H,19,22)(H,20,21). The first-order valence-electron chi connectivity index (χ1n) is 7.76. The van der Waals surface area contributed by atoms with Crippen LogP contribution in [-0.2, 0) is 9.59 Å². The average Bonchev–Trinajstić information content (AvgIpc) is 2.48. The van der Waals surface area contributed by atoms with Crippen LogP contribution < -0.4 is 10.1 Å². The third-order valence-corrected chi connectivity index (χ3v) is 3.59. The van der Waals surface area contributed by atoms with Crippen LogP contribution in [0.25, 0.3) is 0 Å². The summed E-state index contributed by atoms with van der Waals surface area (Å²) < 4.78 is 5.70. The van der Waals surface area contributed by atoms with Crippen LogP contribution in [0.15, 0.2) is 24.3 Å². The van der Waals surface area contributed by atoms with Gasteiger partial charge in [0.1, 0.15) is 5.75 Å². The zero-order valence-corrected chi connectivity index (χ0v) is 14.4. The summed E-state index contributed by atoms with van der Waals surface area (Å²) in [6, 6.07) is 6.86. The van der Waals surface area contributed by atoms with E-state index in [1.807, 2.05) is 0 Å². The van der Waals surface area contributed by atoms with Crippen molar-refractivity contribution in [3.05, 3.63) is 29.3 Å². The fourth-order valence-corrected chi connectivity index (χ4v) is 2.14. The molecular weight excluding hydrogens is 318 g/mol. The lowest BCUT2D eigenvalue weighted by Crippen LogP contribution is -2.46. The first-order chi connectivity index (χ1) is 10.8. The maximum atomic E-state index is 12.2. The predicted molar refractivity (Wildman–Crippen MR) is 89.9 cm³/mol. The van der Waals surface area contributed by atoms with Crippen LogP contribution in [0.2, 0.25) is 5.02 Å². The molecule has 0 aromatic heterocycles. The van der Waals surface area contributed by atoms with Gasteiger partial charge in [-0.2, -0.15) is 0 Å². The van der Waals surface area contributed by atoms with E-state index in [0.717, 1.165) is 19.3 Å². The van der Waals surface area contributed by atoms with Gasteiger partial charge in [0, 0.05) is 18.0 Å². The molecule has 0 bridgehead atoms. The third kappa shape index (κ3) is 7.88. The molecule has 0 saturated carbocycles. The number of carboxylic acids is 1. The molecule has 0 unspecified atom stereocenters. The van der Waals surface area contributed by atoms with Gasteiger partial charge >= 0.3 is 5.97 Å². The van der Waals surface area contributed by atoms with Gasteiger partial charge in [0.25, 0.3) is 5.91 Å². The molecular formula is C17H24ClNO4. The number of hydrogen-bond donors (Lipinski definition) is 2. The van der Waals surface area contributed by atoms with Crippen molar-refractivity contribution in [1.29, 1.82) is 0 Å². The largest absolute Gasteiger partial charge is 0.481 e. The van der Waals surface area contributed by atoms with E-state index in [4.69, 9.17) is 21.4 Å². The minimum Gasteiger partial charge on any atom is -0.481 e. The Balaban J connectivity index is 2.26. The molecule has 1 aromatic carbocycles. The van der Waals surface area contributed by atoms with Crippen molar-refractivity contribution in [1.82, 2.24) is 5.32 Å². The topological polar surface area (TPSA) is 75.6 Å². The first kappa shape index (κ1) is 19.3. The zero-order valence-electron chi connectivity index (χ0n) is 13.6. The first-order valence-corrected chi connectivity index (χ1v) is 8.14. The van der Waals surface area contributed by atoms with Crippen molar-refractivity contribution in [3.63, 3.8) is 0 Å². The van der Waals surface area contributed by atoms with E-state index in [1.165, 1.54) is 0 Å². The molecule has 1 rings (SSSR count). The molecule has 0 fully saturated rings. The van der Waals surface area contributed by atoms with Crippen molar-refractivity contribution < 1.29 is 19.4 Å². The minimum atomic E-state index is -0.975. The van der Waals surface area contributed by atoms with Crippen LogP contribution >= 0.6 is 11.6 Å². The Morgan fingerprint density at radius 1 is 1.13 bits per heavy atom. The second-order valence-corrected chi connectivity index (χ2v) is 6.32. The molecule has 1 amide bonds. The number of hydrogen-bond acceptors (Lipinski definition) is 3. The van der Waals surface area contributed by atoms with Gasteiger partial charge in [-0.15, -0.1) is 0 Å². The van der Waals surface area contributed by atoms with E-state index in [-0.39, 0.29) is 12.3 Å². The fraction of sp³-hybridized carbons (Fsp3) is 0.529. The molecule has 23 heavy (non-hydrogen) atoms. The monoisotopic (exact) mass is 341 g/mol. The second-order valence-electron chi connectivity index (χ2n) is 5.88. The van der Waals surface area contributed by atoms with E-state index in [2.05, 4.69) is 5.32 Å². The number of carboxylic acid groups (broad SMARTS) is 1. The summed E-state index contributed by atoms with van der Waals surface area (Å²) in [7, 11) is 0. The highest BCUT2D eigenvalue weighted by molar-refractivity contribution is 6.30. The fourth-order valence-electron chi connectivity index (χ4n) is 2.01. The van der Waals surface area contributed by atoms with Crippen LogP contribution in [-0.4, -0.2) is 29.1 Å². The molecule has 0 heterocycles. The highest BCUT2D eigenvalue weighted by Crippen LogP contribution is 2.21. The van der Waals surface area contributed by atoms with E-state index in [9.17, 15) is 9.59 Å². The quantitative estimate of drug-likeness (QED) is 0.637. The van der Waals surface area contributed by atoms with Crippen molar-refractivity contribution in [2.24, 2.45) is 0 Å². The van der Waals surface area contributed by atoms with E-state index in [0.29, 0.717) is 23.7 Å². The van der Waals surface area contributed by atoms with Gasteiger partial charge in [0.05, 0.1) is 0 Å². The molecule has 0 aliphatic heterocycles. The number of carbonyl (C=O) groups is 2. The maximum Gasteiger partial charge on any atom is 0.303 e. The number of aliphatic carboxylic acids is 1. The Morgan fingerprint density at radius 3 is 2.35 bits per heavy atom. The van der Waals surface area contributed by atoms with Crippen molar-refractivity contribution in [2.75, 3.05) is 6.54 Å². The summed E-state index contributed by atoms with van der Waals surface area (Å²) in [6.45, 7) is 3.98. The molecule has 0 saturated heterocycles. The highest BCUT2D eigenvalue weighted by Gasteiger charge is 2.29. The summed E-state index contributed by atoms with van der Waals surface area (Å²) in [5.41, 5.74) is -0.975. The Bertz CT molecular complexity index is 514. The minimum absolute atomic E-state index is 0.182. The lowest BCUT2D eigenvalue weighted by molar-refractivity contribution is -0.137. The SMILES string of the molecule is CC(C)(Oc1ccc(Cl)cc1)C(=O)NCCCCCCC(=O)O. The van der Waals surface area contributed by atoms with Gasteiger partial charge in [-0.3, -0.25) is 9.59 Å². The molecule has 1 aromatic rings. The summed E-state index contributed by atoms with van der Waals surface area (Å²) in [6.07, 6.45) is 3.45. The smallest absolute Gasteiger partial charge is 0.303 e. The molecule has 0 spiro atoms. The molecule has 0 aliphatic rings. The van der Waals surface area contributed by atoms with Crippen molar-refractivity contribution >= 4 is 23.5 Å². The van der Waals surface area contributed by atoms with Gasteiger partial charge in [0.15, 0.2) is 5.60 Å². The number of halogens is 1. The van der Waals surface area contributed by atoms with Crippen LogP contribution in [0.5, 0.6) is 5.75 Å². The number of amides is 1. The number of unbranched alkanes of at least 4 members (excludes halogenated alkanes) is 3. The van der Waals surface area contributed by atoms with E-state index in [1.54, 1.807) is 38.1 Å². The highest BCUT2D eigenvalue weighted by atomic mass is 35.5. The third-order valence-electron chi connectivity index (χ3n) is 3.34. The number of carbonyl (C=O) groups excluding carboxylic acids is 1. The Morgan fingerprint density at radius 2 is 1.74 bits per heavy atom. The van der Waals surface area contributed by atoms with Gasteiger partial charge in [-0.1, -0.05) is 24.4 Å². The lowest BCUT2D eigenvalue weighted by Gasteiger charge is -2.25. The van der Waals surface area contributed by atoms with Gasteiger partial charge in [-0.05, 0) is 51.0 Å². The van der Waals surface area contributed by atoms with Crippen LogP contribution in [0, 0.1) is 0 Å². The normalized spacial score (nSPS) is 11.1. The molecule has 6 heteroatoms. The molecule has 128 valence electrons. The zero-order chi connectivity index (χ0) is 17.3. The Kier molecular flexibility index (Phi) is 7.89. The number of benzene rings is 1. The van der Waals surface area contributed by atoms with Crippen LogP contribution in [0.1, 0.15) is 46.0 Å². The van der Waals surface area contributed by atoms with Gasteiger partial charge < -0.3 is 15.2 Å². The molecule has 5 nitrogen and oxygen atoms in total. The lowest BCUT2D eigenvalue weighted by atomic mass is 10.1. The molecule has 0 aliphatic carbocycles. The molecule has 2 N–H and O–H groups in total. The maximum absolute atomic E-state index is 12.2. The van der Waals surface area contributed by atoms with Crippen LogP contribution in [0.3, 0.4) is 0 Å². The van der Waals surface area contributed by atoms with Gasteiger partial charge in [-0.25, -0.2) is 0 Å². The van der Waals surface area contributed by atoms with E-state index >= 15 is 0 Å². The number of nitrogens with one attached hydrogen (secondary N) is 1. The average molecular weight is 342 g/mol. The van der Waals surface area contributed by atoms with E-state index < -0.39 is 11.6 Å². The summed E-state index contributed by atoms with van der Waals surface area (Å²) >= 11 is 5.82. The predicted octanol–water partition coefficient (Wildman–Crippen LogP) is 3.65. The molecule has 0 radical (unpaired) electrons. The molecule has 0 atom stereocenters. The summed E-state index contributed by atoms with van der Waals surface area (Å²) in [4.78, 5) is 22.6. The van der Waals surface area contributed by atoms with Crippen LogP contribution in [0.4, 0.5) is 0 Å². The summed E-state index contributed by atoms with van der Waals surface area (Å²) in [5.74, 6) is -0.361. The van der Waals surface area contributed by atoms with Crippen molar-refractivity contribution in [2.45, 2.75) is 51.6 Å². The van der Waals surface area contributed by atoms with Crippen molar-refractivity contribution in [3.8, 4) is 5.75 Å². The second kappa shape index (κ2) is 9.40. The number of rotatable bonds is 10.